The van der Waals surface area contributed by atoms with Crippen LogP contribution in [0.15, 0.2) is 0 Å². The maximum absolute atomic E-state index is 12.8. The van der Waals surface area contributed by atoms with Gasteiger partial charge in [0.1, 0.15) is 5.75 Å². The van der Waals surface area contributed by atoms with Crippen molar-refractivity contribution in [3.8, 4) is 0 Å². The molecule has 0 amide bonds. The molecular weight excluding hydrogens is 351 g/mol. The summed E-state index contributed by atoms with van der Waals surface area (Å²) in [6.07, 6.45) is -14.8. The van der Waals surface area contributed by atoms with Gasteiger partial charge in [0, 0.05) is 0 Å². The van der Waals surface area contributed by atoms with Crippen LogP contribution in [-0.2, 0) is 19.0 Å². The average molecular weight is 356 g/mol. The number of ether oxygens (including phenoxy) is 1. The van der Waals surface area contributed by atoms with Gasteiger partial charge < -0.3 is 4.74 Å². The molecule has 4 nitrogen and oxygen atoms in total. The van der Waals surface area contributed by atoms with Crippen LogP contribution in [0, 0.1) is 0 Å². The molecule has 0 bridgehead atoms. The maximum atomic E-state index is 12.8. The fourth-order valence-electron chi connectivity index (χ4n) is 0.999. The van der Waals surface area contributed by atoms with Gasteiger partial charge >= 0.3 is 24.1 Å². The first-order valence-electron chi connectivity index (χ1n) is 4.78. The Bertz CT molecular complexity index is 493. The van der Waals surface area contributed by atoms with Gasteiger partial charge in [-0.2, -0.15) is 52.1 Å². The molecule has 0 aromatic rings. The second-order valence-electron chi connectivity index (χ2n) is 3.93. The van der Waals surface area contributed by atoms with Crippen LogP contribution in [0.25, 0.3) is 0 Å². The summed E-state index contributed by atoms with van der Waals surface area (Å²) >= 11 is 0. The molecule has 1 rings (SSSR count). The van der Waals surface area contributed by atoms with Crippen LogP contribution < -0.4 is 0 Å². The van der Waals surface area contributed by atoms with E-state index >= 15 is 0 Å². The number of hydrogen-bond donors (Lipinski definition) is 0. The Morgan fingerprint density at radius 3 is 1.71 bits per heavy atom. The lowest BCUT2D eigenvalue weighted by molar-refractivity contribution is -0.428. The minimum atomic E-state index is -7.21. The smallest absolute Gasteiger partial charge is 0.372 e. The Kier molecular flexibility index (Phi) is 4.24. The Hall–Kier alpha value is -0.760. The largest absolute Gasteiger partial charge is 0.460 e. The van der Waals surface area contributed by atoms with Crippen molar-refractivity contribution in [2.45, 2.75) is 30.2 Å². The highest BCUT2D eigenvalue weighted by Crippen LogP contribution is 2.53. The fourth-order valence-corrected chi connectivity index (χ4v) is 2.14. The zero-order valence-corrected chi connectivity index (χ0v) is 10.3. The van der Waals surface area contributed by atoms with Gasteiger partial charge in [-0.15, -0.1) is 0 Å². The molecule has 1 aliphatic heterocycles. The standard InChI is InChI=1S/C7H5F9O4S/c8-4(9,6(12,13)14)5(10,11)7(15,16)20-21(17,18)2-3-1-19-3/h3H,1-2H2. The van der Waals surface area contributed by atoms with E-state index in [1.54, 1.807) is 0 Å². The first-order chi connectivity index (χ1) is 9.04. The van der Waals surface area contributed by atoms with Crippen LogP contribution in [0.5, 0.6) is 0 Å². The van der Waals surface area contributed by atoms with E-state index in [2.05, 4.69) is 8.92 Å². The van der Waals surface area contributed by atoms with Crippen LogP contribution in [0.1, 0.15) is 0 Å². The average Bonchev–Trinajstić information content (AvgIpc) is 2.96. The van der Waals surface area contributed by atoms with E-state index in [9.17, 15) is 47.9 Å². The Labute approximate surface area is 110 Å². The molecule has 0 aliphatic carbocycles. The molecule has 1 saturated heterocycles. The van der Waals surface area contributed by atoms with Crippen LogP contribution in [-0.4, -0.2) is 51.0 Å². The van der Waals surface area contributed by atoms with Crippen molar-refractivity contribution in [3.05, 3.63) is 0 Å². The summed E-state index contributed by atoms with van der Waals surface area (Å²) in [5.41, 5.74) is 0. The molecular formula is C7H5F9O4S. The zero-order valence-electron chi connectivity index (χ0n) is 9.43. The Balaban J connectivity index is 3.03. The molecule has 1 unspecified atom stereocenters. The van der Waals surface area contributed by atoms with E-state index in [1.807, 2.05) is 0 Å². The topological polar surface area (TPSA) is 55.9 Å². The molecule has 1 atom stereocenters. The summed E-state index contributed by atoms with van der Waals surface area (Å²) < 4.78 is 140. The van der Waals surface area contributed by atoms with Crippen molar-refractivity contribution in [1.82, 2.24) is 0 Å². The van der Waals surface area contributed by atoms with E-state index in [4.69, 9.17) is 0 Å². The summed E-state index contributed by atoms with van der Waals surface area (Å²) in [5.74, 6) is -15.7. The van der Waals surface area contributed by atoms with E-state index in [1.165, 1.54) is 0 Å². The SMILES string of the molecule is O=S(=O)(CC1CO1)OC(F)(F)C(F)(F)C(F)(F)C(F)(F)F. The molecule has 0 saturated carbocycles. The summed E-state index contributed by atoms with van der Waals surface area (Å²) in [7, 11) is -5.52. The quantitative estimate of drug-likeness (QED) is 0.416. The summed E-state index contributed by atoms with van der Waals surface area (Å²) in [6.45, 7) is -0.247. The van der Waals surface area contributed by atoms with Gasteiger partial charge in [0.25, 0.3) is 10.1 Å². The van der Waals surface area contributed by atoms with Gasteiger partial charge in [-0.1, -0.05) is 0 Å². The Morgan fingerprint density at radius 1 is 0.952 bits per heavy atom. The highest BCUT2D eigenvalue weighted by Gasteiger charge is 2.83. The third-order valence-corrected chi connectivity index (χ3v) is 3.38. The molecule has 0 N–H and O–H groups in total. The van der Waals surface area contributed by atoms with Crippen LogP contribution in [0.2, 0.25) is 0 Å². The van der Waals surface area contributed by atoms with Gasteiger partial charge in [0.05, 0.1) is 12.7 Å². The minimum absolute atomic E-state index is 0.247. The summed E-state index contributed by atoms with van der Waals surface area (Å²) in [5, 5.41) is 0. The number of epoxide rings is 1. The molecule has 126 valence electrons. The second-order valence-corrected chi connectivity index (χ2v) is 5.54. The molecule has 0 aromatic carbocycles. The van der Waals surface area contributed by atoms with E-state index in [-0.39, 0.29) is 6.61 Å². The summed E-state index contributed by atoms with van der Waals surface area (Å²) in [4.78, 5) is 0. The molecule has 1 heterocycles. The van der Waals surface area contributed by atoms with Crippen LogP contribution in [0.4, 0.5) is 39.5 Å². The van der Waals surface area contributed by atoms with Crippen molar-refractivity contribution < 1.29 is 56.9 Å². The first-order valence-corrected chi connectivity index (χ1v) is 6.36. The van der Waals surface area contributed by atoms with Crippen molar-refractivity contribution in [3.63, 3.8) is 0 Å². The lowest BCUT2D eigenvalue weighted by Crippen LogP contribution is -2.62. The van der Waals surface area contributed by atoms with Crippen molar-refractivity contribution >= 4 is 10.1 Å². The lowest BCUT2D eigenvalue weighted by Gasteiger charge is -2.32. The molecule has 14 heteroatoms. The third-order valence-electron chi connectivity index (χ3n) is 2.14. The van der Waals surface area contributed by atoms with Crippen LogP contribution >= 0.6 is 0 Å². The number of rotatable bonds is 6. The normalized spacial score (nSPS) is 21.5. The van der Waals surface area contributed by atoms with Crippen molar-refractivity contribution in [2.75, 3.05) is 12.4 Å². The number of halogens is 9. The minimum Gasteiger partial charge on any atom is -0.372 e. The molecule has 1 aliphatic rings. The highest BCUT2D eigenvalue weighted by molar-refractivity contribution is 7.86. The monoisotopic (exact) mass is 356 g/mol. The van der Waals surface area contributed by atoms with Crippen LogP contribution in [0.3, 0.4) is 0 Å². The van der Waals surface area contributed by atoms with Gasteiger partial charge in [-0.3, -0.25) is 0 Å². The molecule has 0 radical (unpaired) electrons. The fraction of sp³-hybridized carbons (Fsp3) is 1.00. The lowest BCUT2D eigenvalue weighted by atomic mass is 10.1. The van der Waals surface area contributed by atoms with E-state index in [0.29, 0.717) is 0 Å². The summed E-state index contributed by atoms with van der Waals surface area (Å²) in [6, 6.07) is 0. The predicted octanol–water partition coefficient (Wildman–Crippen LogP) is 2.16. The molecule has 0 spiro atoms. The van der Waals surface area contributed by atoms with Gasteiger partial charge in [-0.25, -0.2) is 0 Å². The van der Waals surface area contributed by atoms with Gasteiger partial charge in [-0.05, 0) is 0 Å². The number of alkyl halides is 9. The van der Waals surface area contributed by atoms with Crippen molar-refractivity contribution in [2.24, 2.45) is 0 Å². The second kappa shape index (κ2) is 4.87. The Morgan fingerprint density at radius 2 is 1.38 bits per heavy atom. The number of hydrogen-bond acceptors (Lipinski definition) is 4. The van der Waals surface area contributed by atoms with Crippen molar-refractivity contribution in [1.29, 1.82) is 0 Å². The van der Waals surface area contributed by atoms with Gasteiger partial charge in [0.2, 0.25) is 0 Å². The molecule has 21 heavy (non-hydrogen) atoms. The highest BCUT2D eigenvalue weighted by atomic mass is 32.2. The van der Waals surface area contributed by atoms with E-state index in [0.717, 1.165) is 0 Å². The molecule has 1 fully saturated rings. The van der Waals surface area contributed by atoms with Gasteiger partial charge in [0.15, 0.2) is 0 Å². The third kappa shape index (κ3) is 3.53. The maximum Gasteiger partial charge on any atom is 0.460 e. The molecule has 0 aromatic heterocycles. The predicted molar refractivity (Wildman–Crippen MR) is 45.5 cm³/mol. The first kappa shape index (κ1) is 18.3. The zero-order chi connectivity index (χ0) is 16.9. The van der Waals surface area contributed by atoms with E-state index < -0.39 is 46.1 Å².